The number of nitrogens with zero attached hydrogens (tertiary/aromatic N) is 3. The molecule has 4 rings (SSSR count). The minimum Gasteiger partial charge on any atom is -0.346 e. The molecule has 0 unspecified atom stereocenters. The van der Waals surface area contributed by atoms with Crippen molar-refractivity contribution >= 4 is 17.2 Å². The van der Waals surface area contributed by atoms with Gasteiger partial charge in [-0.25, -0.2) is 4.99 Å². The number of rotatable bonds is 2. The molecule has 5 nitrogen and oxygen atoms in total. The minimum atomic E-state index is -0.364. The predicted octanol–water partition coefficient (Wildman–Crippen LogP) is 4.15. The SMILES string of the molecule is C[C@H]1c2ccccc2N=C2C[C@H](c3ccc([N+](=O)[O-])cc3)N21. The molecule has 5 heteroatoms. The van der Waals surface area contributed by atoms with Crippen LogP contribution in [0.4, 0.5) is 11.4 Å². The molecule has 0 bridgehead atoms. The Hall–Kier alpha value is -2.69. The van der Waals surface area contributed by atoms with E-state index in [0.29, 0.717) is 0 Å². The Kier molecular flexibility index (Phi) is 2.76. The molecule has 1 fully saturated rings. The number of amidine groups is 1. The molecular formula is C17H15N3O2. The van der Waals surface area contributed by atoms with E-state index in [1.807, 2.05) is 24.3 Å². The maximum absolute atomic E-state index is 10.8. The molecule has 0 N–H and O–H groups in total. The molecule has 0 spiro atoms. The zero-order valence-electron chi connectivity index (χ0n) is 12.1. The van der Waals surface area contributed by atoms with Crippen molar-refractivity contribution in [1.82, 2.24) is 4.90 Å². The zero-order valence-corrected chi connectivity index (χ0v) is 12.1. The number of nitro benzene ring substituents is 1. The van der Waals surface area contributed by atoms with Gasteiger partial charge in [0, 0.05) is 24.1 Å². The Balaban J connectivity index is 1.65. The van der Waals surface area contributed by atoms with E-state index in [9.17, 15) is 10.1 Å². The van der Waals surface area contributed by atoms with Gasteiger partial charge in [-0.1, -0.05) is 30.3 Å². The molecule has 110 valence electrons. The van der Waals surface area contributed by atoms with Gasteiger partial charge in [-0.3, -0.25) is 10.1 Å². The van der Waals surface area contributed by atoms with Gasteiger partial charge >= 0.3 is 0 Å². The molecule has 2 aromatic carbocycles. The van der Waals surface area contributed by atoms with Crippen LogP contribution in [0.2, 0.25) is 0 Å². The van der Waals surface area contributed by atoms with Crippen LogP contribution in [-0.2, 0) is 0 Å². The van der Waals surface area contributed by atoms with Gasteiger partial charge in [-0.2, -0.15) is 0 Å². The molecule has 22 heavy (non-hydrogen) atoms. The number of aliphatic imine (C=N–C) groups is 1. The van der Waals surface area contributed by atoms with E-state index in [1.165, 1.54) is 5.56 Å². The Morgan fingerprint density at radius 1 is 1.18 bits per heavy atom. The van der Waals surface area contributed by atoms with E-state index in [-0.39, 0.29) is 22.7 Å². The van der Waals surface area contributed by atoms with Crippen molar-refractivity contribution in [3.63, 3.8) is 0 Å². The molecule has 2 heterocycles. The third-order valence-corrected chi connectivity index (χ3v) is 4.55. The Morgan fingerprint density at radius 2 is 1.91 bits per heavy atom. The maximum atomic E-state index is 10.8. The first-order chi connectivity index (χ1) is 10.6. The quantitative estimate of drug-likeness (QED) is 0.617. The van der Waals surface area contributed by atoms with Gasteiger partial charge in [0.25, 0.3) is 5.69 Å². The Labute approximate surface area is 128 Å². The second kappa shape index (κ2) is 4.66. The smallest absolute Gasteiger partial charge is 0.269 e. The van der Waals surface area contributed by atoms with E-state index in [2.05, 4.69) is 24.0 Å². The van der Waals surface area contributed by atoms with Crippen LogP contribution in [0.25, 0.3) is 0 Å². The number of benzene rings is 2. The van der Waals surface area contributed by atoms with Gasteiger partial charge in [0.1, 0.15) is 5.84 Å². The maximum Gasteiger partial charge on any atom is 0.269 e. The lowest BCUT2D eigenvalue weighted by Gasteiger charge is -2.50. The van der Waals surface area contributed by atoms with E-state index in [4.69, 9.17) is 4.99 Å². The van der Waals surface area contributed by atoms with E-state index >= 15 is 0 Å². The number of para-hydroxylation sites is 1. The largest absolute Gasteiger partial charge is 0.346 e. The zero-order chi connectivity index (χ0) is 15.3. The van der Waals surface area contributed by atoms with Crippen LogP contribution in [0.15, 0.2) is 53.5 Å². The molecule has 0 saturated carbocycles. The molecular weight excluding hydrogens is 278 g/mol. The Bertz CT molecular complexity index is 783. The van der Waals surface area contributed by atoms with Crippen molar-refractivity contribution in [2.45, 2.75) is 25.4 Å². The van der Waals surface area contributed by atoms with Crippen molar-refractivity contribution in [1.29, 1.82) is 0 Å². The number of hydrogen-bond donors (Lipinski definition) is 0. The van der Waals surface area contributed by atoms with E-state index in [0.717, 1.165) is 23.5 Å². The van der Waals surface area contributed by atoms with Crippen LogP contribution in [0, 0.1) is 10.1 Å². The summed E-state index contributed by atoms with van der Waals surface area (Å²) < 4.78 is 0. The molecule has 2 atom stereocenters. The van der Waals surface area contributed by atoms with E-state index in [1.54, 1.807) is 12.1 Å². The fourth-order valence-corrected chi connectivity index (χ4v) is 3.37. The fourth-order valence-electron chi connectivity index (χ4n) is 3.37. The van der Waals surface area contributed by atoms with Crippen molar-refractivity contribution in [3.05, 3.63) is 69.8 Å². The monoisotopic (exact) mass is 293 g/mol. The molecule has 2 aliphatic rings. The first kappa shape index (κ1) is 13.0. The lowest BCUT2D eigenvalue weighted by molar-refractivity contribution is -0.384. The van der Waals surface area contributed by atoms with Crippen LogP contribution in [0.5, 0.6) is 0 Å². The summed E-state index contributed by atoms with van der Waals surface area (Å²) in [6.07, 6.45) is 0.885. The third kappa shape index (κ3) is 1.82. The third-order valence-electron chi connectivity index (χ3n) is 4.55. The van der Waals surface area contributed by atoms with Gasteiger partial charge in [0.2, 0.25) is 0 Å². The van der Waals surface area contributed by atoms with Gasteiger partial charge in [0.05, 0.1) is 22.7 Å². The van der Waals surface area contributed by atoms with E-state index < -0.39 is 0 Å². The number of non-ortho nitro benzene ring substituents is 1. The average Bonchev–Trinajstić information content (AvgIpc) is 2.50. The predicted molar refractivity (Wildman–Crippen MR) is 84.2 cm³/mol. The fraction of sp³-hybridized carbons (Fsp3) is 0.235. The highest BCUT2D eigenvalue weighted by molar-refractivity contribution is 5.93. The summed E-state index contributed by atoms with van der Waals surface area (Å²) in [6, 6.07) is 15.6. The van der Waals surface area contributed by atoms with Crippen LogP contribution in [0.1, 0.15) is 36.6 Å². The molecule has 0 aromatic heterocycles. The summed E-state index contributed by atoms with van der Waals surface area (Å²) in [7, 11) is 0. The average molecular weight is 293 g/mol. The van der Waals surface area contributed by atoms with Crippen LogP contribution in [0.3, 0.4) is 0 Å². The first-order valence-electron chi connectivity index (χ1n) is 7.34. The summed E-state index contributed by atoms with van der Waals surface area (Å²) in [5.74, 6) is 1.11. The Morgan fingerprint density at radius 3 is 2.64 bits per heavy atom. The topological polar surface area (TPSA) is 58.7 Å². The van der Waals surface area contributed by atoms with Crippen molar-refractivity contribution in [2.75, 3.05) is 0 Å². The summed E-state index contributed by atoms with van der Waals surface area (Å²) in [5, 5.41) is 10.8. The van der Waals surface area contributed by atoms with Crippen LogP contribution in [-0.4, -0.2) is 15.7 Å². The minimum absolute atomic E-state index is 0.133. The first-order valence-corrected chi connectivity index (χ1v) is 7.34. The highest BCUT2D eigenvalue weighted by Crippen LogP contribution is 2.47. The van der Waals surface area contributed by atoms with Gasteiger partial charge < -0.3 is 4.90 Å². The lowest BCUT2D eigenvalue weighted by atomic mass is 9.87. The molecule has 0 radical (unpaired) electrons. The van der Waals surface area contributed by atoms with Crippen molar-refractivity contribution in [3.8, 4) is 0 Å². The summed E-state index contributed by atoms with van der Waals surface area (Å²) in [4.78, 5) is 17.4. The molecule has 2 aliphatic heterocycles. The number of nitro groups is 1. The second-order valence-electron chi connectivity index (χ2n) is 5.74. The molecule has 0 aliphatic carbocycles. The lowest BCUT2D eigenvalue weighted by Crippen LogP contribution is -2.49. The standard InChI is InChI=1S/C17H15N3O2/c1-11-14-4-2-3-5-15(14)18-17-10-16(19(11)17)12-6-8-13(9-7-12)20(21)22/h2-9,11,16H,10H2,1H3/t11-,16+/m0/s1. The summed E-state index contributed by atoms with van der Waals surface area (Å²) in [6.45, 7) is 2.19. The molecule has 0 amide bonds. The second-order valence-corrected chi connectivity index (χ2v) is 5.74. The summed E-state index contributed by atoms with van der Waals surface area (Å²) in [5.41, 5.74) is 3.53. The van der Waals surface area contributed by atoms with Gasteiger partial charge in [-0.05, 0) is 18.6 Å². The normalized spacial score (nSPS) is 22.2. The van der Waals surface area contributed by atoms with Gasteiger partial charge in [0.15, 0.2) is 0 Å². The number of hydrogen-bond acceptors (Lipinski definition) is 4. The highest BCUT2D eigenvalue weighted by Gasteiger charge is 2.41. The number of fused-ring (bicyclic) bond motifs is 2. The van der Waals surface area contributed by atoms with Gasteiger partial charge in [-0.15, -0.1) is 0 Å². The molecule has 1 saturated heterocycles. The van der Waals surface area contributed by atoms with Crippen LogP contribution >= 0.6 is 0 Å². The van der Waals surface area contributed by atoms with Crippen LogP contribution < -0.4 is 0 Å². The summed E-state index contributed by atoms with van der Waals surface area (Å²) >= 11 is 0. The highest BCUT2D eigenvalue weighted by atomic mass is 16.6. The molecule has 2 aromatic rings. The van der Waals surface area contributed by atoms with Crippen molar-refractivity contribution in [2.24, 2.45) is 4.99 Å². The van der Waals surface area contributed by atoms with Crippen molar-refractivity contribution < 1.29 is 4.92 Å².